The van der Waals surface area contributed by atoms with Crippen molar-refractivity contribution >= 4 is 46.0 Å². The molecule has 0 unspecified atom stereocenters. The lowest BCUT2D eigenvalue weighted by molar-refractivity contribution is -0.118. The highest BCUT2D eigenvalue weighted by molar-refractivity contribution is 6.13. The Kier molecular flexibility index (Phi) is 15.4. The van der Waals surface area contributed by atoms with Crippen LogP contribution in [-0.4, -0.2) is 117 Å². The zero-order valence-electron chi connectivity index (χ0n) is 42.0. The van der Waals surface area contributed by atoms with E-state index in [1.807, 2.05) is 92.3 Å². The van der Waals surface area contributed by atoms with Gasteiger partial charge in [0.25, 0.3) is 11.8 Å². The first-order valence-corrected chi connectivity index (χ1v) is 25.0. The summed E-state index contributed by atoms with van der Waals surface area (Å²) in [7, 11) is 7.32. The molecule has 0 fully saturated rings. The minimum atomic E-state index is -0.0566. The van der Waals surface area contributed by atoms with Crippen LogP contribution in [0.2, 0.25) is 0 Å². The van der Waals surface area contributed by atoms with Crippen LogP contribution in [0.5, 0.6) is 17.2 Å². The maximum Gasteiger partial charge on any atom is 0.260 e. The molecule has 9 rings (SSSR count). The molecule has 0 spiro atoms. The molecule has 0 bridgehead atoms. The van der Waals surface area contributed by atoms with Gasteiger partial charge in [-0.05, 0) is 96.5 Å². The molecular weight excluding hydrogens is 899 g/mol. The van der Waals surface area contributed by atoms with Crippen LogP contribution >= 0.6 is 0 Å². The molecule has 4 heterocycles. The molecule has 5 aromatic rings. The lowest BCUT2D eigenvalue weighted by Gasteiger charge is -2.27. The van der Waals surface area contributed by atoms with E-state index in [2.05, 4.69) is 45.0 Å². The third-order valence-electron chi connectivity index (χ3n) is 14.2. The van der Waals surface area contributed by atoms with Crippen molar-refractivity contribution in [3.8, 4) is 17.2 Å². The first kappa shape index (κ1) is 49.4. The van der Waals surface area contributed by atoms with Crippen molar-refractivity contribution in [2.45, 2.75) is 71.2 Å². The number of benzene rings is 5. The van der Waals surface area contributed by atoms with E-state index in [4.69, 9.17) is 28.4 Å². The van der Waals surface area contributed by atoms with E-state index in [0.717, 1.165) is 58.0 Å². The Balaban J connectivity index is 0.993. The smallest absolute Gasteiger partial charge is 0.260 e. The summed E-state index contributed by atoms with van der Waals surface area (Å²) in [5.41, 5.74) is 10.8. The number of hydrogen-bond donors (Lipinski definition) is 0. The molecule has 14 heteroatoms. The molecule has 0 aliphatic carbocycles. The van der Waals surface area contributed by atoms with Crippen LogP contribution in [0.25, 0.3) is 0 Å². The molecule has 5 aromatic carbocycles. The molecule has 0 radical (unpaired) electrons. The Morgan fingerprint density at radius 1 is 0.634 bits per heavy atom. The Hall–Kier alpha value is -6.61. The van der Waals surface area contributed by atoms with Crippen LogP contribution in [-0.2, 0) is 45.1 Å². The van der Waals surface area contributed by atoms with Crippen molar-refractivity contribution in [1.82, 2.24) is 0 Å². The van der Waals surface area contributed by atoms with Crippen LogP contribution in [0.3, 0.4) is 0 Å². The molecule has 14 nitrogen and oxygen atoms in total. The second-order valence-electron chi connectivity index (χ2n) is 19.0. The summed E-state index contributed by atoms with van der Waals surface area (Å²) in [5, 5.41) is 0. The van der Waals surface area contributed by atoms with Gasteiger partial charge < -0.3 is 52.9 Å². The van der Waals surface area contributed by atoms with E-state index in [9.17, 15) is 14.4 Å². The molecular formula is C57H67N5O9. The van der Waals surface area contributed by atoms with Crippen molar-refractivity contribution in [1.29, 1.82) is 0 Å². The second-order valence-corrected chi connectivity index (χ2v) is 19.0. The molecule has 4 aliphatic rings. The maximum atomic E-state index is 14.3. The number of rotatable bonds is 22. The van der Waals surface area contributed by atoms with Gasteiger partial charge in [0.1, 0.15) is 24.7 Å². The quantitative estimate of drug-likeness (QED) is 0.0619. The number of methoxy groups -OCH3 is 2. The molecule has 2 amide bonds. The number of likely N-dealkylation sites (N-methyl/N-ethyl adjacent to an activating group) is 2. The maximum absolute atomic E-state index is 14.3. The van der Waals surface area contributed by atoms with Crippen LogP contribution < -0.4 is 38.7 Å². The minimum absolute atomic E-state index is 0.00471. The summed E-state index contributed by atoms with van der Waals surface area (Å²) in [5.74, 6) is 1.86. The van der Waals surface area contributed by atoms with Crippen LogP contribution in [0, 0.1) is 6.92 Å². The van der Waals surface area contributed by atoms with Gasteiger partial charge in [-0.1, -0.05) is 43.3 Å². The molecule has 0 N–H and O–H groups in total. The summed E-state index contributed by atoms with van der Waals surface area (Å²) in [6.07, 6.45) is 3.28. The van der Waals surface area contributed by atoms with Gasteiger partial charge in [0.05, 0.1) is 74.7 Å². The van der Waals surface area contributed by atoms with Gasteiger partial charge in [0.15, 0.2) is 11.5 Å². The predicted octanol–water partition coefficient (Wildman–Crippen LogP) is 8.45. The first-order valence-electron chi connectivity index (χ1n) is 25.0. The minimum Gasteiger partial charge on any atom is -0.493 e. The van der Waals surface area contributed by atoms with E-state index in [-0.39, 0.29) is 42.9 Å². The SMILES string of the molecule is CCC(=O)CCCN(CCOCCOCCOC)c1cc(COc2cc3c(cc2C)C(=O)N2c4ccccc4C[C@H]2CN3C)cc(COc2cc3c(cc2OC)C(=O)N2c4ccccc4C[C@H]2CN3C)c1. The highest BCUT2D eigenvalue weighted by Gasteiger charge is 2.41. The Bertz CT molecular complexity index is 2740. The summed E-state index contributed by atoms with van der Waals surface area (Å²) in [6, 6.07) is 30.4. The molecule has 374 valence electrons. The normalized spacial score (nSPS) is 16.6. The fraction of sp³-hybridized carbons (Fsp3) is 0.421. The Labute approximate surface area is 417 Å². The molecule has 0 aromatic heterocycles. The molecule has 0 saturated heterocycles. The van der Waals surface area contributed by atoms with Gasteiger partial charge in [-0.2, -0.15) is 0 Å². The van der Waals surface area contributed by atoms with E-state index in [1.165, 1.54) is 11.1 Å². The van der Waals surface area contributed by atoms with Crippen molar-refractivity contribution in [2.24, 2.45) is 0 Å². The average Bonchev–Trinajstić information content (AvgIpc) is 3.88. The molecule has 2 atom stereocenters. The van der Waals surface area contributed by atoms with Gasteiger partial charge >= 0.3 is 0 Å². The third kappa shape index (κ3) is 10.7. The number of fused-ring (bicyclic) bond motifs is 8. The second kappa shape index (κ2) is 22.2. The van der Waals surface area contributed by atoms with Crippen molar-refractivity contribution in [3.05, 3.63) is 130 Å². The third-order valence-corrected chi connectivity index (χ3v) is 14.2. The van der Waals surface area contributed by atoms with Gasteiger partial charge in [0, 0.05) is 89.4 Å². The number of ketones is 1. The van der Waals surface area contributed by atoms with E-state index in [0.29, 0.717) is 107 Å². The van der Waals surface area contributed by atoms with E-state index < -0.39 is 0 Å². The number of hydrogen-bond acceptors (Lipinski definition) is 12. The topological polar surface area (TPSA) is 123 Å². The Morgan fingerprint density at radius 3 is 1.77 bits per heavy atom. The number of Topliss-reactive ketones (excluding diaryl/α,β-unsaturated/α-hetero) is 1. The van der Waals surface area contributed by atoms with E-state index in [1.54, 1.807) is 20.3 Å². The fourth-order valence-corrected chi connectivity index (χ4v) is 10.5. The number of anilines is 5. The number of nitrogens with zero attached hydrogens (tertiary/aromatic N) is 5. The molecule has 0 saturated carbocycles. The van der Waals surface area contributed by atoms with Gasteiger partial charge in [-0.3, -0.25) is 14.4 Å². The summed E-state index contributed by atoms with van der Waals surface area (Å²) < 4.78 is 36.1. The number of carbonyl (C=O) groups excluding carboxylic acids is 3. The van der Waals surface area contributed by atoms with Gasteiger partial charge in [0.2, 0.25) is 0 Å². The molecule has 71 heavy (non-hydrogen) atoms. The number of aryl methyl sites for hydroxylation is 1. The summed E-state index contributed by atoms with van der Waals surface area (Å²) in [4.78, 5) is 51.6. The van der Waals surface area contributed by atoms with Crippen LogP contribution in [0.1, 0.15) is 74.7 Å². The zero-order valence-corrected chi connectivity index (χ0v) is 42.0. The Morgan fingerprint density at radius 2 is 1.18 bits per heavy atom. The highest BCUT2D eigenvalue weighted by Crippen LogP contribution is 2.43. The zero-order chi connectivity index (χ0) is 49.6. The van der Waals surface area contributed by atoms with Gasteiger partial charge in [-0.25, -0.2) is 0 Å². The lowest BCUT2D eigenvalue weighted by Crippen LogP contribution is -2.41. The van der Waals surface area contributed by atoms with E-state index >= 15 is 0 Å². The van der Waals surface area contributed by atoms with Gasteiger partial charge in [-0.15, -0.1) is 0 Å². The monoisotopic (exact) mass is 965 g/mol. The molecule has 4 aliphatic heterocycles. The lowest BCUT2D eigenvalue weighted by atomic mass is 10.1. The number of carbonyl (C=O) groups is 3. The van der Waals surface area contributed by atoms with Crippen LogP contribution in [0.15, 0.2) is 91.0 Å². The highest BCUT2D eigenvalue weighted by atomic mass is 16.5. The number of amides is 2. The summed E-state index contributed by atoms with van der Waals surface area (Å²) >= 11 is 0. The average molecular weight is 966 g/mol. The fourth-order valence-electron chi connectivity index (χ4n) is 10.5. The first-order chi connectivity index (χ1) is 34.5. The van der Waals surface area contributed by atoms with Crippen molar-refractivity contribution < 1.29 is 42.8 Å². The number of ether oxygens (including phenoxy) is 6. The number of para-hydroxylation sites is 2. The van der Waals surface area contributed by atoms with Crippen molar-refractivity contribution in [2.75, 3.05) is 112 Å². The standard InChI is InChI=1S/C57H67N5O9/c1-7-46(63)15-12-18-60(19-20-68-23-24-69-22-21-66-5)43-27-39(36-70-53-32-51-47(25-38(53)2)56(64)61-44(34-58(51)3)29-41-13-8-10-16-49(41)61)26-40(28-43)37-71-55-33-52-48(31-54(55)67-6)57(65)62-45(35-59(52)4)30-42-14-9-11-17-50(42)62/h8-11,13-14,16-17,25-28,31-33,44-45H,7,12,15,18-24,29-30,34-37H2,1-6H3/t44-,45-/m0/s1. The van der Waals surface area contributed by atoms with Crippen LogP contribution in [0.4, 0.5) is 28.4 Å². The van der Waals surface area contributed by atoms with Crippen molar-refractivity contribution in [3.63, 3.8) is 0 Å². The largest absolute Gasteiger partial charge is 0.493 e. The summed E-state index contributed by atoms with van der Waals surface area (Å²) in [6.45, 7) is 9.30. The predicted molar refractivity (Wildman–Crippen MR) is 278 cm³/mol.